The lowest BCUT2D eigenvalue weighted by Crippen LogP contribution is -2.36. The molecule has 3 rings (SSSR count). The Morgan fingerprint density at radius 3 is 2.90 bits per heavy atom. The lowest BCUT2D eigenvalue weighted by atomic mass is 10.1. The fraction of sp³-hybridized carbons (Fsp3) is 0.467. The van der Waals surface area contributed by atoms with E-state index in [9.17, 15) is 4.79 Å². The van der Waals surface area contributed by atoms with Crippen LogP contribution in [0.3, 0.4) is 0 Å². The predicted octanol–water partition coefficient (Wildman–Crippen LogP) is 3.14. The van der Waals surface area contributed by atoms with Gasteiger partial charge < -0.3 is 10.6 Å². The first-order valence-corrected chi connectivity index (χ1v) is 7.83. The number of carbonyl (C=O) groups is 1. The third kappa shape index (κ3) is 2.63. The molecule has 0 unspecified atom stereocenters. The zero-order chi connectivity index (χ0) is 14.3. The summed E-state index contributed by atoms with van der Waals surface area (Å²) in [5.41, 5.74) is 7.32. The molecule has 0 bridgehead atoms. The number of benzene rings is 1. The van der Waals surface area contributed by atoms with E-state index in [-0.39, 0.29) is 5.91 Å². The molecule has 1 amide bonds. The molecule has 5 heteroatoms. The largest absolute Gasteiger partial charge is 0.375 e. The van der Waals surface area contributed by atoms with Gasteiger partial charge in [-0.3, -0.25) is 4.79 Å². The van der Waals surface area contributed by atoms with Crippen molar-refractivity contribution in [3.05, 3.63) is 23.8 Å². The van der Waals surface area contributed by atoms with E-state index >= 15 is 0 Å². The number of anilines is 1. The van der Waals surface area contributed by atoms with Gasteiger partial charge in [0.1, 0.15) is 0 Å². The molecule has 0 atom stereocenters. The highest BCUT2D eigenvalue weighted by molar-refractivity contribution is 7.22. The van der Waals surface area contributed by atoms with Gasteiger partial charge in [0.05, 0.1) is 10.2 Å². The third-order valence-corrected chi connectivity index (χ3v) is 4.31. The number of amides is 1. The molecule has 1 aromatic carbocycles. The van der Waals surface area contributed by atoms with Gasteiger partial charge in [0, 0.05) is 18.2 Å². The molecule has 0 saturated heterocycles. The van der Waals surface area contributed by atoms with Crippen LogP contribution in [0.4, 0.5) is 5.13 Å². The number of nitrogen functional groups attached to an aromatic ring is 1. The fourth-order valence-corrected chi connectivity index (χ4v) is 3.19. The number of rotatable bonds is 4. The Morgan fingerprint density at radius 2 is 2.25 bits per heavy atom. The van der Waals surface area contributed by atoms with Gasteiger partial charge in [-0.25, -0.2) is 4.98 Å². The van der Waals surface area contributed by atoms with Crippen molar-refractivity contribution in [2.45, 2.75) is 32.7 Å². The molecule has 1 heterocycles. The maximum Gasteiger partial charge on any atom is 0.254 e. The summed E-state index contributed by atoms with van der Waals surface area (Å²) < 4.78 is 0.980. The Labute approximate surface area is 122 Å². The van der Waals surface area contributed by atoms with Crippen LogP contribution in [0.5, 0.6) is 0 Å². The lowest BCUT2D eigenvalue weighted by molar-refractivity contribution is 0.0722. The Morgan fingerprint density at radius 1 is 1.50 bits per heavy atom. The Bertz CT molecular complexity index is 646. The Kier molecular flexibility index (Phi) is 3.38. The molecule has 0 radical (unpaired) electrons. The van der Waals surface area contributed by atoms with E-state index in [0.29, 0.717) is 17.1 Å². The second-order valence-corrected chi connectivity index (χ2v) is 6.88. The summed E-state index contributed by atoms with van der Waals surface area (Å²) in [5, 5.41) is 0.547. The molecule has 1 fully saturated rings. The molecule has 2 aromatic rings. The van der Waals surface area contributed by atoms with Crippen molar-refractivity contribution < 1.29 is 4.79 Å². The van der Waals surface area contributed by atoms with Crippen LogP contribution in [-0.4, -0.2) is 28.4 Å². The summed E-state index contributed by atoms with van der Waals surface area (Å²) in [7, 11) is 0. The highest BCUT2D eigenvalue weighted by atomic mass is 32.1. The summed E-state index contributed by atoms with van der Waals surface area (Å²) in [6, 6.07) is 6.10. The van der Waals surface area contributed by atoms with Crippen LogP contribution in [-0.2, 0) is 0 Å². The SMILES string of the molecule is CC(C)CN(C(=O)c1ccc2nc(N)sc2c1)C1CC1. The molecule has 0 spiro atoms. The maximum atomic E-state index is 12.7. The third-order valence-electron chi connectivity index (χ3n) is 3.46. The smallest absolute Gasteiger partial charge is 0.254 e. The van der Waals surface area contributed by atoms with Crippen LogP contribution < -0.4 is 5.73 Å². The zero-order valence-corrected chi connectivity index (χ0v) is 12.6. The van der Waals surface area contributed by atoms with E-state index in [4.69, 9.17) is 5.73 Å². The number of fused-ring (bicyclic) bond motifs is 1. The maximum absolute atomic E-state index is 12.7. The normalized spacial score (nSPS) is 14.9. The molecular weight excluding hydrogens is 270 g/mol. The highest BCUT2D eigenvalue weighted by Crippen LogP contribution is 2.30. The van der Waals surface area contributed by atoms with Gasteiger partial charge in [-0.1, -0.05) is 25.2 Å². The number of hydrogen-bond acceptors (Lipinski definition) is 4. The minimum absolute atomic E-state index is 0.134. The predicted molar refractivity (Wildman–Crippen MR) is 82.9 cm³/mol. The summed E-state index contributed by atoms with van der Waals surface area (Å²) in [4.78, 5) is 18.9. The Hall–Kier alpha value is -1.62. The van der Waals surface area contributed by atoms with Gasteiger partial charge in [-0.2, -0.15) is 0 Å². The summed E-state index contributed by atoms with van der Waals surface area (Å²) in [6.07, 6.45) is 2.27. The average molecular weight is 289 g/mol. The van der Waals surface area contributed by atoms with E-state index in [2.05, 4.69) is 18.8 Å². The van der Waals surface area contributed by atoms with Crippen molar-refractivity contribution >= 4 is 32.6 Å². The van der Waals surface area contributed by atoms with Crippen molar-refractivity contribution in [3.8, 4) is 0 Å². The van der Waals surface area contributed by atoms with E-state index in [1.54, 1.807) is 0 Å². The molecule has 0 aliphatic heterocycles. The molecular formula is C15H19N3OS. The lowest BCUT2D eigenvalue weighted by Gasteiger charge is -2.24. The van der Waals surface area contributed by atoms with Gasteiger partial charge in [0.2, 0.25) is 0 Å². The first-order chi connectivity index (χ1) is 9.54. The number of nitrogens with zero attached hydrogens (tertiary/aromatic N) is 2. The van der Waals surface area contributed by atoms with Crippen LogP contribution in [0.1, 0.15) is 37.0 Å². The molecule has 1 aromatic heterocycles. The van der Waals surface area contributed by atoms with Crippen molar-refractivity contribution in [1.82, 2.24) is 9.88 Å². The molecule has 20 heavy (non-hydrogen) atoms. The summed E-state index contributed by atoms with van der Waals surface area (Å²) >= 11 is 1.43. The molecule has 2 N–H and O–H groups in total. The minimum Gasteiger partial charge on any atom is -0.375 e. The number of hydrogen-bond donors (Lipinski definition) is 1. The molecule has 1 aliphatic rings. The van der Waals surface area contributed by atoms with Crippen LogP contribution in [0.25, 0.3) is 10.2 Å². The number of carbonyl (C=O) groups excluding carboxylic acids is 1. The monoisotopic (exact) mass is 289 g/mol. The van der Waals surface area contributed by atoms with Gasteiger partial charge in [0.25, 0.3) is 5.91 Å². The van der Waals surface area contributed by atoms with Gasteiger partial charge in [0.15, 0.2) is 5.13 Å². The topological polar surface area (TPSA) is 59.2 Å². The second-order valence-electron chi connectivity index (χ2n) is 5.82. The van der Waals surface area contributed by atoms with E-state index < -0.39 is 0 Å². The molecule has 106 valence electrons. The molecule has 4 nitrogen and oxygen atoms in total. The van der Waals surface area contributed by atoms with Crippen LogP contribution >= 0.6 is 11.3 Å². The van der Waals surface area contributed by atoms with Crippen molar-refractivity contribution in [2.24, 2.45) is 5.92 Å². The summed E-state index contributed by atoms with van der Waals surface area (Å²) in [6.45, 7) is 5.12. The van der Waals surface area contributed by atoms with E-state index in [1.165, 1.54) is 11.3 Å². The summed E-state index contributed by atoms with van der Waals surface area (Å²) in [5.74, 6) is 0.623. The van der Waals surface area contributed by atoms with E-state index in [1.807, 2.05) is 23.1 Å². The number of nitrogens with two attached hydrogens (primary N) is 1. The van der Waals surface area contributed by atoms with Crippen LogP contribution in [0, 0.1) is 5.92 Å². The Balaban J connectivity index is 1.89. The minimum atomic E-state index is 0.134. The number of thiazole rings is 1. The number of aromatic nitrogens is 1. The highest BCUT2D eigenvalue weighted by Gasteiger charge is 2.33. The molecule has 1 aliphatic carbocycles. The quantitative estimate of drug-likeness (QED) is 0.940. The van der Waals surface area contributed by atoms with Gasteiger partial charge in [-0.15, -0.1) is 0 Å². The van der Waals surface area contributed by atoms with Crippen LogP contribution in [0.2, 0.25) is 0 Å². The fourth-order valence-electron chi connectivity index (χ4n) is 2.42. The van der Waals surface area contributed by atoms with Gasteiger partial charge >= 0.3 is 0 Å². The van der Waals surface area contributed by atoms with Crippen molar-refractivity contribution in [2.75, 3.05) is 12.3 Å². The first-order valence-electron chi connectivity index (χ1n) is 7.01. The average Bonchev–Trinajstić information content (AvgIpc) is 3.15. The van der Waals surface area contributed by atoms with E-state index in [0.717, 1.165) is 35.2 Å². The zero-order valence-electron chi connectivity index (χ0n) is 11.8. The van der Waals surface area contributed by atoms with Crippen molar-refractivity contribution in [3.63, 3.8) is 0 Å². The van der Waals surface area contributed by atoms with Crippen LogP contribution in [0.15, 0.2) is 18.2 Å². The second kappa shape index (κ2) is 5.05. The standard InChI is InChI=1S/C15H19N3OS/c1-9(2)8-18(11-4-5-11)14(19)10-3-6-12-13(7-10)20-15(16)17-12/h3,6-7,9,11H,4-5,8H2,1-2H3,(H2,16,17). The van der Waals surface area contributed by atoms with Crippen molar-refractivity contribution in [1.29, 1.82) is 0 Å². The first kappa shape index (κ1) is 13.4. The van der Waals surface area contributed by atoms with Gasteiger partial charge in [-0.05, 0) is 37.0 Å². The molecule has 1 saturated carbocycles.